The third-order valence-electron chi connectivity index (χ3n) is 2.83. The normalized spacial score (nSPS) is 21.0. The zero-order chi connectivity index (χ0) is 12.1. The van der Waals surface area contributed by atoms with E-state index in [1.54, 1.807) is 0 Å². The third kappa shape index (κ3) is 4.00. The molecule has 1 aliphatic rings. The van der Waals surface area contributed by atoms with Crippen molar-refractivity contribution in [3.8, 4) is 0 Å². The summed E-state index contributed by atoms with van der Waals surface area (Å²) in [4.78, 5) is 0. The summed E-state index contributed by atoms with van der Waals surface area (Å²) in [5.74, 6) is 2.81. The monoisotopic (exact) mass is 255 g/mol. The van der Waals surface area contributed by atoms with Gasteiger partial charge in [-0.05, 0) is 18.6 Å². The van der Waals surface area contributed by atoms with Crippen LogP contribution in [0, 0.1) is 0 Å². The molecule has 0 amide bonds. The Morgan fingerprint density at radius 1 is 1.41 bits per heavy atom. The SMILES string of the molecule is CC(C)NCCc1nnc(C2CCCCS2)o1. The number of hydrogen-bond acceptors (Lipinski definition) is 5. The lowest BCUT2D eigenvalue weighted by atomic mass is 10.2. The summed E-state index contributed by atoms with van der Waals surface area (Å²) in [5, 5.41) is 12.1. The highest BCUT2D eigenvalue weighted by molar-refractivity contribution is 7.99. The highest BCUT2D eigenvalue weighted by atomic mass is 32.2. The maximum atomic E-state index is 5.72. The van der Waals surface area contributed by atoms with Crippen molar-refractivity contribution in [3.63, 3.8) is 0 Å². The average Bonchev–Trinajstić information content (AvgIpc) is 2.78. The molecule has 17 heavy (non-hydrogen) atoms. The molecule has 1 unspecified atom stereocenters. The highest BCUT2D eigenvalue weighted by Gasteiger charge is 2.21. The Morgan fingerprint density at radius 2 is 2.29 bits per heavy atom. The van der Waals surface area contributed by atoms with Crippen molar-refractivity contribution in [1.82, 2.24) is 15.5 Å². The van der Waals surface area contributed by atoms with Gasteiger partial charge in [0.15, 0.2) is 0 Å². The van der Waals surface area contributed by atoms with Crippen LogP contribution >= 0.6 is 11.8 Å². The Morgan fingerprint density at radius 3 is 3.00 bits per heavy atom. The molecule has 1 aromatic rings. The van der Waals surface area contributed by atoms with Crippen LogP contribution in [-0.2, 0) is 6.42 Å². The molecule has 0 bridgehead atoms. The van der Waals surface area contributed by atoms with Crippen LogP contribution in [-0.4, -0.2) is 28.5 Å². The summed E-state index contributed by atoms with van der Waals surface area (Å²) in [6.07, 6.45) is 4.60. The Kier molecular flexibility index (Phi) is 4.86. The van der Waals surface area contributed by atoms with Crippen LogP contribution in [0.25, 0.3) is 0 Å². The largest absolute Gasteiger partial charge is 0.424 e. The molecule has 0 spiro atoms. The fourth-order valence-electron chi connectivity index (χ4n) is 1.90. The van der Waals surface area contributed by atoms with Gasteiger partial charge in [0.25, 0.3) is 0 Å². The van der Waals surface area contributed by atoms with Crippen LogP contribution in [0.5, 0.6) is 0 Å². The van der Waals surface area contributed by atoms with Gasteiger partial charge in [0.1, 0.15) is 0 Å². The minimum Gasteiger partial charge on any atom is -0.424 e. The van der Waals surface area contributed by atoms with Crippen LogP contribution in [0.3, 0.4) is 0 Å². The molecule has 4 nitrogen and oxygen atoms in total. The van der Waals surface area contributed by atoms with Gasteiger partial charge in [-0.2, -0.15) is 0 Å². The molecule has 0 aliphatic carbocycles. The van der Waals surface area contributed by atoms with E-state index in [1.807, 2.05) is 11.8 Å². The van der Waals surface area contributed by atoms with Crippen molar-refractivity contribution < 1.29 is 4.42 Å². The van der Waals surface area contributed by atoms with Gasteiger partial charge in [-0.15, -0.1) is 22.0 Å². The molecule has 1 aromatic heterocycles. The van der Waals surface area contributed by atoms with E-state index in [9.17, 15) is 0 Å². The number of rotatable bonds is 5. The Balaban J connectivity index is 1.82. The van der Waals surface area contributed by atoms with Crippen LogP contribution < -0.4 is 5.32 Å². The van der Waals surface area contributed by atoms with Gasteiger partial charge in [0, 0.05) is 19.0 Å². The van der Waals surface area contributed by atoms with Gasteiger partial charge in [-0.1, -0.05) is 20.3 Å². The van der Waals surface area contributed by atoms with Crippen LogP contribution in [0.2, 0.25) is 0 Å². The molecule has 96 valence electrons. The molecule has 1 fully saturated rings. The molecule has 1 atom stereocenters. The van der Waals surface area contributed by atoms with Crippen molar-refractivity contribution >= 4 is 11.8 Å². The maximum Gasteiger partial charge on any atom is 0.229 e. The van der Waals surface area contributed by atoms with Crippen LogP contribution in [0.4, 0.5) is 0 Å². The first-order valence-corrected chi connectivity index (χ1v) is 7.48. The predicted molar refractivity (Wildman–Crippen MR) is 70.2 cm³/mol. The molecular weight excluding hydrogens is 234 g/mol. The average molecular weight is 255 g/mol. The Bertz CT molecular complexity index is 334. The first kappa shape index (κ1) is 12.9. The molecular formula is C12H21N3OS. The second-order valence-electron chi connectivity index (χ2n) is 4.75. The van der Waals surface area contributed by atoms with Gasteiger partial charge in [0.05, 0.1) is 5.25 Å². The quantitative estimate of drug-likeness (QED) is 0.876. The zero-order valence-corrected chi connectivity index (χ0v) is 11.4. The summed E-state index contributed by atoms with van der Waals surface area (Å²) in [5.41, 5.74) is 0. The molecule has 0 aromatic carbocycles. The van der Waals surface area contributed by atoms with E-state index in [-0.39, 0.29) is 0 Å². The molecule has 1 saturated heterocycles. The fraction of sp³-hybridized carbons (Fsp3) is 0.833. The zero-order valence-electron chi connectivity index (χ0n) is 10.6. The van der Waals surface area contributed by atoms with E-state index in [4.69, 9.17) is 4.42 Å². The van der Waals surface area contributed by atoms with E-state index in [2.05, 4.69) is 29.4 Å². The standard InChI is InChI=1S/C12H21N3OS/c1-9(2)13-7-6-11-14-15-12(16-11)10-5-3-4-8-17-10/h9-10,13H,3-8H2,1-2H3. The van der Waals surface area contributed by atoms with Crippen molar-refractivity contribution in [2.24, 2.45) is 0 Å². The van der Waals surface area contributed by atoms with Gasteiger partial charge in [-0.3, -0.25) is 0 Å². The summed E-state index contributed by atoms with van der Waals surface area (Å²) in [6.45, 7) is 5.17. The molecule has 1 N–H and O–H groups in total. The van der Waals surface area contributed by atoms with E-state index in [0.717, 1.165) is 24.7 Å². The lowest BCUT2D eigenvalue weighted by Gasteiger charge is -2.17. The first-order chi connectivity index (χ1) is 8.25. The smallest absolute Gasteiger partial charge is 0.229 e. The summed E-state index contributed by atoms with van der Waals surface area (Å²) >= 11 is 1.95. The lowest BCUT2D eigenvalue weighted by molar-refractivity contribution is 0.428. The minimum atomic E-state index is 0.433. The Labute approximate surface area is 107 Å². The number of nitrogens with zero attached hydrogens (tertiary/aromatic N) is 2. The van der Waals surface area contributed by atoms with Gasteiger partial charge >= 0.3 is 0 Å². The van der Waals surface area contributed by atoms with E-state index in [0.29, 0.717) is 11.3 Å². The highest BCUT2D eigenvalue weighted by Crippen LogP contribution is 2.37. The van der Waals surface area contributed by atoms with Crippen molar-refractivity contribution in [1.29, 1.82) is 0 Å². The van der Waals surface area contributed by atoms with Crippen LogP contribution in [0.1, 0.15) is 50.1 Å². The molecule has 2 heterocycles. The van der Waals surface area contributed by atoms with E-state index < -0.39 is 0 Å². The third-order valence-corrected chi connectivity index (χ3v) is 4.19. The number of thioether (sulfide) groups is 1. The van der Waals surface area contributed by atoms with Crippen molar-refractivity contribution in [3.05, 3.63) is 11.8 Å². The molecule has 0 saturated carbocycles. The van der Waals surface area contributed by atoms with Gasteiger partial charge in [0.2, 0.25) is 11.8 Å². The number of nitrogens with one attached hydrogen (secondary N) is 1. The minimum absolute atomic E-state index is 0.433. The molecule has 0 radical (unpaired) electrons. The number of aromatic nitrogens is 2. The summed E-state index contributed by atoms with van der Waals surface area (Å²) in [7, 11) is 0. The molecule has 2 rings (SSSR count). The molecule has 1 aliphatic heterocycles. The maximum absolute atomic E-state index is 5.72. The number of hydrogen-bond donors (Lipinski definition) is 1. The van der Waals surface area contributed by atoms with Gasteiger partial charge in [-0.25, -0.2) is 0 Å². The van der Waals surface area contributed by atoms with Crippen LogP contribution in [0.15, 0.2) is 4.42 Å². The topological polar surface area (TPSA) is 51.0 Å². The predicted octanol–water partition coefficient (Wildman–Crippen LogP) is 2.57. The molecule has 5 heteroatoms. The van der Waals surface area contributed by atoms with E-state index in [1.165, 1.54) is 25.0 Å². The second kappa shape index (κ2) is 6.40. The van der Waals surface area contributed by atoms with Crippen molar-refractivity contribution in [2.75, 3.05) is 12.3 Å². The second-order valence-corrected chi connectivity index (χ2v) is 6.06. The summed E-state index contributed by atoms with van der Waals surface area (Å²) < 4.78 is 5.72. The lowest BCUT2D eigenvalue weighted by Crippen LogP contribution is -2.25. The first-order valence-electron chi connectivity index (χ1n) is 6.43. The Hall–Kier alpha value is -0.550. The summed E-state index contributed by atoms with van der Waals surface area (Å²) in [6, 6.07) is 0.506. The van der Waals surface area contributed by atoms with Gasteiger partial charge < -0.3 is 9.73 Å². The fourth-order valence-corrected chi connectivity index (χ4v) is 3.13. The van der Waals surface area contributed by atoms with Crippen molar-refractivity contribution in [2.45, 2.75) is 50.8 Å². The van der Waals surface area contributed by atoms with E-state index >= 15 is 0 Å².